The highest BCUT2D eigenvalue weighted by Gasteiger charge is 2.06. The Hall–Kier alpha value is -3.22. The summed E-state index contributed by atoms with van der Waals surface area (Å²) in [7, 11) is 3.83. The molecule has 142 valence electrons. The van der Waals surface area contributed by atoms with Gasteiger partial charge in [-0.1, -0.05) is 48.5 Å². The van der Waals surface area contributed by atoms with Crippen LogP contribution >= 0.6 is 0 Å². The fraction of sp³-hybridized carbons (Fsp3) is 0.182. The van der Waals surface area contributed by atoms with Crippen molar-refractivity contribution in [3.63, 3.8) is 0 Å². The Labute approximate surface area is 164 Å². The molecule has 2 heterocycles. The van der Waals surface area contributed by atoms with Crippen molar-refractivity contribution >= 4 is 0 Å². The first-order valence-electron chi connectivity index (χ1n) is 9.35. The maximum Gasteiger partial charge on any atom is 0.120 e. The van der Waals surface area contributed by atoms with Gasteiger partial charge >= 0.3 is 0 Å². The van der Waals surface area contributed by atoms with Crippen molar-refractivity contribution in [1.29, 1.82) is 0 Å². The first kappa shape index (κ1) is 18.2. The number of aromatic amines is 2. The second kappa shape index (κ2) is 8.21. The van der Waals surface area contributed by atoms with Gasteiger partial charge in [0.2, 0.25) is 0 Å². The monoisotopic (exact) mass is 372 g/mol. The zero-order chi connectivity index (χ0) is 19.3. The van der Waals surface area contributed by atoms with E-state index in [1.807, 2.05) is 26.5 Å². The zero-order valence-corrected chi connectivity index (χ0v) is 16.1. The van der Waals surface area contributed by atoms with E-state index < -0.39 is 0 Å². The SMILES string of the molecule is CNCc1ncc(-c2ccc(-c3ccc(-c4cnc(CNC)[nH]4)cc3)cc2)[nH]1. The maximum absolute atomic E-state index is 4.38. The molecule has 0 saturated heterocycles. The third-order valence-electron chi connectivity index (χ3n) is 4.67. The molecule has 4 rings (SSSR count). The van der Waals surface area contributed by atoms with Gasteiger partial charge in [-0.05, 0) is 36.3 Å². The third kappa shape index (κ3) is 3.88. The van der Waals surface area contributed by atoms with Crippen molar-refractivity contribution in [2.75, 3.05) is 14.1 Å². The Kier molecular flexibility index (Phi) is 5.32. The predicted octanol–water partition coefficient (Wildman–Crippen LogP) is 3.57. The van der Waals surface area contributed by atoms with Gasteiger partial charge in [-0.25, -0.2) is 9.97 Å². The minimum atomic E-state index is 0.733. The summed E-state index contributed by atoms with van der Waals surface area (Å²) in [6.45, 7) is 1.47. The van der Waals surface area contributed by atoms with Crippen LogP contribution in [0.4, 0.5) is 0 Å². The summed E-state index contributed by atoms with van der Waals surface area (Å²) in [5.74, 6) is 1.88. The van der Waals surface area contributed by atoms with Gasteiger partial charge in [-0.15, -0.1) is 0 Å². The maximum atomic E-state index is 4.38. The summed E-state index contributed by atoms with van der Waals surface area (Å²) in [6, 6.07) is 17.1. The van der Waals surface area contributed by atoms with Crippen LogP contribution < -0.4 is 10.6 Å². The van der Waals surface area contributed by atoms with E-state index in [-0.39, 0.29) is 0 Å². The largest absolute Gasteiger partial charge is 0.341 e. The molecular formula is C22H24N6. The van der Waals surface area contributed by atoms with Crippen molar-refractivity contribution < 1.29 is 0 Å². The Morgan fingerprint density at radius 3 is 1.32 bits per heavy atom. The fourth-order valence-corrected chi connectivity index (χ4v) is 3.22. The molecule has 28 heavy (non-hydrogen) atoms. The van der Waals surface area contributed by atoms with Crippen LogP contribution in [-0.2, 0) is 13.1 Å². The molecule has 0 amide bonds. The molecule has 0 spiro atoms. The summed E-state index contributed by atoms with van der Waals surface area (Å²) in [5, 5.41) is 6.20. The molecular weight excluding hydrogens is 348 g/mol. The van der Waals surface area contributed by atoms with Crippen molar-refractivity contribution in [1.82, 2.24) is 30.6 Å². The standard InChI is InChI=1S/C22H24N6/c1-23-13-21-25-11-19(27-21)17-7-3-15(4-8-17)16-5-9-18(10-6-16)20-12-26-22(28-20)14-24-2/h3-12,23-24H,13-14H2,1-2H3,(H,25,27)(H,26,28). The number of H-pyrrole nitrogens is 2. The molecule has 0 aliphatic carbocycles. The molecule has 4 aromatic rings. The van der Waals surface area contributed by atoms with Crippen LogP contribution in [0.2, 0.25) is 0 Å². The second-order valence-electron chi connectivity index (χ2n) is 6.70. The van der Waals surface area contributed by atoms with Crippen molar-refractivity contribution in [2.24, 2.45) is 0 Å². The van der Waals surface area contributed by atoms with Crippen LogP contribution in [0.5, 0.6) is 0 Å². The van der Waals surface area contributed by atoms with E-state index in [0.29, 0.717) is 0 Å². The minimum Gasteiger partial charge on any atom is -0.341 e. The number of hydrogen-bond donors (Lipinski definition) is 4. The Balaban J connectivity index is 1.50. The van der Waals surface area contributed by atoms with E-state index in [4.69, 9.17) is 0 Å². The van der Waals surface area contributed by atoms with Gasteiger partial charge in [-0.2, -0.15) is 0 Å². The van der Waals surface area contributed by atoms with E-state index in [0.717, 1.165) is 47.3 Å². The van der Waals surface area contributed by atoms with E-state index in [1.165, 1.54) is 11.1 Å². The van der Waals surface area contributed by atoms with Gasteiger partial charge in [0.05, 0.1) is 36.9 Å². The van der Waals surface area contributed by atoms with Crippen molar-refractivity contribution in [2.45, 2.75) is 13.1 Å². The van der Waals surface area contributed by atoms with Crippen LogP contribution in [0.15, 0.2) is 60.9 Å². The molecule has 4 N–H and O–H groups in total. The van der Waals surface area contributed by atoms with Crippen molar-refractivity contribution in [3.05, 3.63) is 72.6 Å². The molecule has 2 aromatic heterocycles. The molecule has 6 heteroatoms. The lowest BCUT2D eigenvalue weighted by Gasteiger charge is -2.05. The number of benzene rings is 2. The Morgan fingerprint density at radius 2 is 0.964 bits per heavy atom. The molecule has 0 saturated carbocycles. The number of hydrogen-bond acceptors (Lipinski definition) is 4. The van der Waals surface area contributed by atoms with Crippen LogP contribution in [-0.4, -0.2) is 34.0 Å². The Morgan fingerprint density at radius 1 is 0.607 bits per heavy atom. The quantitative estimate of drug-likeness (QED) is 0.400. The highest BCUT2D eigenvalue weighted by Crippen LogP contribution is 2.26. The first-order valence-corrected chi connectivity index (χ1v) is 9.35. The highest BCUT2D eigenvalue weighted by atomic mass is 15.0. The lowest BCUT2D eigenvalue weighted by Crippen LogP contribution is -2.06. The molecule has 6 nitrogen and oxygen atoms in total. The first-order chi connectivity index (χ1) is 13.8. The normalized spacial score (nSPS) is 11.1. The lowest BCUT2D eigenvalue weighted by molar-refractivity contribution is 0.772. The van der Waals surface area contributed by atoms with Crippen LogP contribution in [0.25, 0.3) is 33.6 Å². The average molecular weight is 372 g/mol. The predicted molar refractivity (Wildman–Crippen MR) is 113 cm³/mol. The fourth-order valence-electron chi connectivity index (χ4n) is 3.22. The summed E-state index contributed by atoms with van der Waals surface area (Å²) in [6.07, 6.45) is 3.76. The number of nitrogens with one attached hydrogen (secondary N) is 4. The molecule has 0 atom stereocenters. The zero-order valence-electron chi connectivity index (χ0n) is 16.1. The summed E-state index contributed by atoms with van der Waals surface area (Å²) in [5.41, 5.74) is 6.69. The summed E-state index contributed by atoms with van der Waals surface area (Å²) < 4.78 is 0. The van der Waals surface area contributed by atoms with E-state index >= 15 is 0 Å². The van der Waals surface area contributed by atoms with Gasteiger partial charge in [-0.3, -0.25) is 0 Å². The van der Waals surface area contributed by atoms with Crippen LogP contribution in [0.3, 0.4) is 0 Å². The van der Waals surface area contributed by atoms with Gasteiger partial charge in [0.1, 0.15) is 11.6 Å². The highest BCUT2D eigenvalue weighted by molar-refractivity contribution is 5.71. The molecule has 0 radical (unpaired) electrons. The average Bonchev–Trinajstić information content (AvgIpc) is 3.39. The molecule has 0 fully saturated rings. The van der Waals surface area contributed by atoms with Gasteiger partial charge in [0, 0.05) is 0 Å². The van der Waals surface area contributed by atoms with E-state index in [2.05, 4.69) is 79.1 Å². The summed E-state index contributed by atoms with van der Waals surface area (Å²) >= 11 is 0. The number of imidazole rings is 2. The molecule has 0 bridgehead atoms. The molecule has 0 aliphatic heterocycles. The minimum absolute atomic E-state index is 0.733. The van der Waals surface area contributed by atoms with Gasteiger partial charge < -0.3 is 20.6 Å². The number of nitrogens with zero attached hydrogens (tertiary/aromatic N) is 2. The van der Waals surface area contributed by atoms with Crippen LogP contribution in [0.1, 0.15) is 11.6 Å². The molecule has 2 aromatic carbocycles. The smallest absolute Gasteiger partial charge is 0.120 e. The summed E-state index contributed by atoms with van der Waals surface area (Å²) in [4.78, 5) is 15.4. The number of rotatable bonds is 7. The van der Waals surface area contributed by atoms with E-state index in [1.54, 1.807) is 0 Å². The molecule has 0 aliphatic rings. The van der Waals surface area contributed by atoms with Crippen molar-refractivity contribution in [3.8, 4) is 33.6 Å². The second-order valence-corrected chi connectivity index (χ2v) is 6.70. The topological polar surface area (TPSA) is 81.4 Å². The van der Waals surface area contributed by atoms with Crippen LogP contribution in [0, 0.1) is 0 Å². The lowest BCUT2D eigenvalue weighted by atomic mass is 10.0. The number of aromatic nitrogens is 4. The van der Waals surface area contributed by atoms with E-state index in [9.17, 15) is 0 Å². The third-order valence-corrected chi connectivity index (χ3v) is 4.67. The van der Waals surface area contributed by atoms with Gasteiger partial charge in [0.15, 0.2) is 0 Å². The Bertz CT molecular complexity index is 942. The molecule has 0 unspecified atom stereocenters. The van der Waals surface area contributed by atoms with Gasteiger partial charge in [0.25, 0.3) is 0 Å².